The second-order valence-electron chi connectivity index (χ2n) is 4.53. The van der Waals surface area contributed by atoms with Crippen molar-refractivity contribution in [1.82, 2.24) is 9.97 Å². The van der Waals surface area contributed by atoms with Crippen LogP contribution in [0.15, 0.2) is 36.8 Å². The third kappa shape index (κ3) is 4.10. The molecule has 0 aliphatic carbocycles. The molecular formula is C15H15N3O3. The van der Waals surface area contributed by atoms with E-state index in [1.54, 1.807) is 0 Å². The van der Waals surface area contributed by atoms with Gasteiger partial charge in [-0.1, -0.05) is 17.7 Å². The van der Waals surface area contributed by atoms with Gasteiger partial charge in [0.1, 0.15) is 0 Å². The number of amides is 1. The first kappa shape index (κ1) is 14.6. The second kappa shape index (κ2) is 6.60. The molecule has 0 radical (unpaired) electrons. The van der Waals surface area contributed by atoms with Gasteiger partial charge < -0.3 is 10.1 Å². The summed E-state index contributed by atoms with van der Waals surface area (Å²) in [6.45, 7) is 3.50. The number of nitrogens with zero attached hydrogens (tertiary/aromatic N) is 2. The fourth-order valence-corrected chi connectivity index (χ4v) is 1.75. The third-order valence-corrected chi connectivity index (χ3v) is 2.76. The lowest BCUT2D eigenvalue weighted by Crippen LogP contribution is -2.21. The molecule has 2 aromatic rings. The standard InChI is InChI=1S/C15H15N3O3/c1-10-3-4-12(11(2)7-10)18-14(19)9-21-15(20)13-8-16-5-6-17-13/h3-8H,9H2,1-2H3,(H,18,19). The molecule has 21 heavy (non-hydrogen) atoms. The van der Waals surface area contributed by atoms with Crippen LogP contribution in [0.3, 0.4) is 0 Å². The van der Waals surface area contributed by atoms with E-state index in [1.807, 2.05) is 32.0 Å². The first-order valence-corrected chi connectivity index (χ1v) is 6.36. The van der Waals surface area contributed by atoms with Crippen molar-refractivity contribution in [3.05, 3.63) is 53.6 Å². The van der Waals surface area contributed by atoms with Gasteiger partial charge in [-0.15, -0.1) is 0 Å². The molecule has 1 aromatic heterocycles. The Hall–Kier alpha value is -2.76. The molecule has 2 rings (SSSR count). The molecule has 0 aliphatic heterocycles. The largest absolute Gasteiger partial charge is 0.451 e. The minimum atomic E-state index is -0.682. The van der Waals surface area contributed by atoms with Crippen LogP contribution < -0.4 is 5.32 Å². The first-order chi connectivity index (χ1) is 10.1. The number of benzene rings is 1. The number of hydrogen-bond donors (Lipinski definition) is 1. The second-order valence-corrected chi connectivity index (χ2v) is 4.53. The van der Waals surface area contributed by atoms with E-state index in [0.29, 0.717) is 5.69 Å². The predicted octanol–water partition coefficient (Wildman–Crippen LogP) is 1.89. The van der Waals surface area contributed by atoms with Gasteiger partial charge >= 0.3 is 5.97 Å². The highest BCUT2D eigenvalue weighted by atomic mass is 16.5. The Morgan fingerprint density at radius 2 is 2.05 bits per heavy atom. The molecule has 1 aromatic carbocycles. The minimum absolute atomic E-state index is 0.0665. The Bertz CT molecular complexity index is 656. The molecule has 1 heterocycles. The van der Waals surface area contributed by atoms with Gasteiger partial charge in [-0.25, -0.2) is 9.78 Å². The number of anilines is 1. The number of hydrogen-bond acceptors (Lipinski definition) is 5. The van der Waals surface area contributed by atoms with Gasteiger partial charge in [0.15, 0.2) is 12.3 Å². The molecule has 0 bridgehead atoms. The van der Waals surface area contributed by atoms with E-state index in [4.69, 9.17) is 4.74 Å². The molecule has 0 fully saturated rings. The van der Waals surface area contributed by atoms with Crippen molar-refractivity contribution in [2.45, 2.75) is 13.8 Å². The normalized spacial score (nSPS) is 10.0. The maximum absolute atomic E-state index is 11.8. The minimum Gasteiger partial charge on any atom is -0.451 e. The van der Waals surface area contributed by atoms with E-state index in [-0.39, 0.29) is 12.3 Å². The van der Waals surface area contributed by atoms with Crippen LogP contribution in [0, 0.1) is 13.8 Å². The van der Waals surface area contributed by atoms with Crippen molar-refractivity contribution in [3.8, 4) is 0 Å². The summed E-state index contributed by atoms with van der Waals surface area (Å²) in [5.74, 6) is -1.09. The number of nitrogens with one attached hydrogen (secondary N) is 1. The monoisotopic (exact) mass is 285 g/mol. The molecular weight excluding hydrogens is 270 g/mol. The molecule has 108 valence electrons. The fraction of sp³-hybridized carbons (Fsp3) is 0.200. The van der Waals surface area contributed by atoms with E-state index in [0.717, 1.165) is 11.1 Å². The summed E-state index contributed by atoms with van der Waals surface area (Å²) in [5.41, 5.74) is 2.82. The predicted molar refractivity (Wildman–Crippen MR) is 76.9 cm³/mol. The molecule has 0 saturated heterocycles. The van der Waals surface area contributed by atoms with Crippen LogP contribution in [-0.4, -0.2) is 28.5 Å². The lowest BCUT2D eigenvalue weighted by Gasteiger charge is -2.09. The summed E-state index contributed by atoms with van der Waals surface area (Å²) in [4.78, 5) is 30.9. The van der Waals surface area contributed by atoms with E-state index in [1.165, 1.54) is 18.6 Å². The third-order valence-electron chi connectivity index (χ3n) is 2.76. The van der Waals surface area contributed by atoms with Gasteiger partial charge in [0.25, 0.3) is 5.91 Å². The van der Waals surface area contributed by atoms with Gasteiger partial charge in [0, 0.05) is 18.1 Å². The number of carbonyl (C=O) groups excluding carboxylic acids is 2. The number of esters is 1. The number of aryl methyl sites for hydroxylation is 2. The van der Waals surface area contributed by atoms with Crippen LogP contribution in [0.2, 0.25) is 0 Å². The summed E-state index contributed by atoms with van der Waals surface area (Å²) in [6, 6.07) is 5.67. The SMILES string of the molecule is Cc1ccc(NC(=O)COC(=O)c2cnccn2)c(C)c1. The first-order valence-electron chi connectivity index (χ1n) is 6.36. The van der Waals surface area contributed by atoms with E-state index < -0.39 is 11.9 Å². The average molecular weight is 285 g/mol. The average Bonchev–Trinajstić information content (AvgIpc) is 2.48. The van der Waals surface area contributed by atoms with Crippen molar-refractivity contribution in [3.63, 3.8) is 0 Å². The van der Waals surface area contributed by atoms with Crippen molar-refractivity contribution in [2.75, 3.05) is 11.9 Å². The van der Waals surface area contributed by atoms with Gasteiger partial charge in [0.05, 0.1) is 6.20 Å². The maximum Gasteiger partial charge on any atom is 0.359 e. The number of rotatable bonds is 4. The smallest absolute Gasteiger partial charge is 0.359 e. The Morgan fingerprint density at radius 3 is 2.71 bits per heavy atom. The zero-order valence-corrected chi connectivity index (χ0v) is 11.8. The molecule has 0 spiro atoms. The Balaban J connectivity index is 1.89. The van der Waals surface area contributed by atoms with Crippen LogP contribution >= 0.6 is 0 Å². The van der Waals surface area contributed by atoms with Crippen LogP contribution in [0.5, 0.6) is 0 Å². The molecule has 6 nitrogen and oxygen atoms in total. The van der Waals surface area contributed by atoms with Gasteiger partial charge in [-0.3, -0.25) is 9.78 Å². The molecule has 1 N–H and O–H groups in total. The molecule has 0 unspecified atom stereocenters. The molecule has 0 saturated carbocycles. The summed E-state index contributed by atoms with van der Waals surface area (Å²) in [6.07, 6.45) is 4.11. The Labute approximate surface area is 122 Å². The quantitative estimate of drug-likeness (QED) is 0.867. The topological polar surface area (TPSA) is 81.2 Å². The molecule has 0 aliphatic rings. The highest BCUT2D eigenvalue weighted by molar-refractivity contribution is 5.95. The number of ether oxygens (including phenoxy) is 1. The zero-order chi connectivity index (χ0) is 15.2. The summed E-state index contributed by atoms with van der Waals surface area (Å²) < 4.78 is 4.87. The van der Waals surface area contributed by atoms with Gasteiger partial charge in [0.2, 0.25) is 0 Å². The summed E-state index contributed by atoms with van der Waals surface area (Å²) in [7, 11) is 0. The van der Waals surface area contributed by atoms with Gasteiger partial charge in [-0.05, 0) is 25.5 Å². The van der Waals surface area contributed by atoms with E-state index >= 15 is 0 Å². The van der Waals surface area contributed by atoms with Crippen molar-refractivity contribution >= 4 is 17.6 Å². The van der Waals surface area contributed by atoms with E-state index in [2.05, 4.69) is 15.3 Å². The summed E-state index contributed by atoms with van der Waals surface area (Å²) >= 11 is 0. The van der Waals surface area contributed by atoms with Crippen molar-refractivity contribution < 1.29 is 14.3 Å². The van der Waals surface area contributed by atoms with Crippen LogP contribution in [0.25, 0.3) is 0 Å². The summed E-state index contributed by atoms with van der Waals surface area (Å²) in [5, 5.41) is 2.69. The lowest BCUT2D eigenvalue weighted by atomic mass is 10.1. The van der Waals surface area contributed by atoms with Crippen LogP contribution in [0.1, 0.15) is 21.6 Å². The Kier molecular flexibility index (Phi) is 4.61. The lowest BCUT2D eigenvalue weighted by molar-refractivity contribution is -0.119. The Morgan fingerprint density at radius 1 is 1.24 bits per heavy atom. The number of aromatic nitrogens is 2. The van der Waals surface area contributed by atoms with Crippen molar-refractivity contribution in [2.24, 2.45) is 0 Å². The highest BCUT2D eigenvalue weighted by Crippen LogP contribution is 2.15. The fourth-order valence-electron chi connectivity index (χ4n) is 1.75. The molecule has 0 atom stereocenters. The molecule has 6 heteroatoms. The van der Waals surface area contributed by atoms with Gasteiger partial charge in [-0.2, -0.15) is 0 Å². The highest BCUT2D eigenvalue weighted by Gasteiger charge is 2.12. The van der Waals surface area contributed by atoms with E-state index in [9.17, 15) is 9.59 Å². The zero-order valence-electron chi connectivity index (χ0n) is 11.8. The van der Waals surface area contributed by atoms with Crippen LogP contribution in [0.4, 0.5) is 5.69 Å². The number of carbonyl (C=O) groups is 2. The molecule has 1 amide bonds. The van der Waals surface area contributed by atoms with Crippen molar-refractivity contribution in [1.29, 1.82) is 0 Å². The van der Waals surface area contributed by atoms with Crippen LogP contribution in [-0.2, 0) is 9.53 Å². The maximum atomic E-state index is 11.8.